The predicted octanol–water partition coefficient (Wildman–Crippen LogP) is 3.80. The molecule has 26 heavy (non-hydrogen) atoms. The Labute approximate surface area is 151 Å². The molecular formula is C20H19FN4O. The third-order valence-electron chi connectivity index (χ3n) is 4.14. The van der Waals surface area contributed by atoms with E-state index < -0.39 is 0 Å². The lowest BCUT2D eigenvalue weighted by molar-refractivity contribution is -0.107. The minimum absolute atomic E-state index is 0.319. The molecule has 0 aliphatic rings. The smallest absolute Gasteiger partial charge is 0.214 e. The summed E-state index contributed by atoms with van der Waals surface area (Å²) in [5.41, 5.74) is 3.83. The maximum atomic E-state index is 13.5. The fourth-order valence-electron chi connectivity index (χ4n) is 2.72. The van der Waals surface area contributed by atoms with Crippen molar-refractivity contribution in [2.24, 2.45) is 0 Å². The largest absolute Gasteiger partial charge is 0.371 e. The number of pyridine rings is 2. The van der Waals surface area contributed by atoms with Gasteiger partial charge in [-0.05, 0) is 42.3 Å². The summed E-state index contributed by atoms with van der Waals surface area (Å²) in [5.74, 6) is 0.240. The van der Waals surface area contributed by atoms with Crippen LogP contribution in [-0.2, 0) is 11.3 Å². The quantitative estimate of drug-likeness (QED) is 0.687. The van der Waals surface area contributed by atoms with Crippen molar-refractivity contribution in [3.8, 4) is 11.1 Å². The summed E-state index contributed by atoms with van der Waals surface area (Å²) in [6.07, 6.45) is 4.10. The summed E-state index contributed by atoms with van der Waals surface area (Å²) in [6, 6.07) is 11.9. The van der Waals surface area contributed by atoms with E-state index in [2.05, 4.69) is 15.3 Å². The molecule has 3 rings (SSSR count). The number of amides is 1. The van der Waals surface area contributed by atoms with Gasteiger partial charge in [-0.15, -0.1) is 0 Å². The summed E-state index contributed by atoms with van der Waals surface area (Å²) in [4.78, 5) is 22.0. The number of hydrogen-bond acceptors (Lipinski definition) is 4. The third kappa shape index (κ3) is 3.69. The molecule has 0 saturated heterocycles. The van der Waals surface area contributed by atoms with Gasteiger partial charge < -0.3 is 10.2 Å². The molecule has 5 nitrogen and oxygen atoms in total. The Balaban J connectivity index is 2.02. The number of benzene rings is 1. The molecule has 1 aromatic carbocycles. The van der Waals surface area contributed by atoms with E-state index in [-0.39, 0.29) is 5.82 Å². The van der Waals surface area contributed by atoms with E-state index in [1.54, 1.807) is 31.6 Å². The van der Waals surface area contributed by atoms with Crippen LogP contribution in [0.2, 0.25) is 0 Å². The van der Waals surface area contributed by atoms with Gasteiger partial charge >= 0.3 is 0 Å². The zero-order valence-electron chi connectivity index (χ0n) is 14.6. The van der Waals surface area contributed by atoms with Gasteiger partial charge in [0.15, 0.2) is 0 Å². The Kier molecular flexibility index (Phi) is 5.22. The SMILES string of the molecule is CNc1ncc(-c2cccc(F)c2)cc1N(C=O)Cc1ncccc1C. The zero-order valence-corrected chi connectivity index (χ0v) is 14.6. The summed E-state index contributed by atoms with van der Waals surface area (Å²) < 4.78 is 13.5. The van der Waals surface area contributed by atoms with Crippen molar-refractivity contribution in [3.05, 3.63) is 71.9 Å². The molecule has 6 heteroatoms. The second-order valence-electron chi connectivity index (χ2n) is 5.85. The fourth-order valence-corrected chi connectivity index (χ4v) is 2.72. The van der Waals surface area contributed by atoms with Crippen molar-refractivity contribution in [1.29, 1.82) is 0 Å². The number of halogens is 1. The maximum Gasteiger partial charge on any atom is 0.214 e. The molecule has 0 radical (unpaired) electrons. The maximum absolute atomic E-state index is 13.5. The molecule has 0 unspecified atom stereocenters. The third-order valence-corrected chi connectivity index (χ3v) is 4.14. The number of nitrogens with zero attached hydrogens (tertiary/aromatic N) is 3. The highest BCUT2D eigenvalue weighted by molar-refractivity contribution is 5.84. The molecule has 132 valence electrons. The minimum Gasteiger partial charge on any atom is -0.371 e. The van der Waals surface area contributed by atoms with Crippen LogP contribution in [0.4, 0.5) is 15.9 Å². The first-order valence-electron chi connectivity index (χ1n) is 8.18. The van der Waals surface area contributed by atoms with Crippen LogP contribution in [0.15, 0.2) is 54.9 Å². The minimum atomic E-state index is -0.321. The second kappa shape index (κ2) is 7.74. The van der Waals surface area contributed by atoms with Crippen LogP contribution < -0.4 is 10.2 Å². The van der Waals surface area contributed by atoms with Gasteiger partial charge in [-0.3, -0.25) is 9.78 Å². The monoisotopic (exact) mass is 350 g/mol. The van der Waals surface area contributed by atoms with Gasteiger partial charge in [-0.2, -0.15) is 0 Å². The highest BCUT2D eigenvalue weighted by atomic mass is 19.1. The Bertz CT molecular complexity index is 929. The number of aromatic nitrogens is 2. The van der Waals surface area contributed by atoms with Crippen molar-refractivity contribution in [3.63, 3.8) is 0 Å². The predicted molar refractivity (Wildman–Crippen MR) is 100 cm³/mol. The molecule has 0 spiro atoms. The highest BCUT2D eigenvalue weighted by Crippen LogP contribution is 2.30. The normalized spacial score (nSPS) is 10.4. The molecule has 0 saturated carbocycles. The lowest BCUT2D eigenvalue weighted by Gasteiger charge is -2.21. The molecule has 0 aliphatic heterocycles. The summed E-state index contributed by atoms with van der Waals surface area (Å²) in [5, 5.41) is 2.99. The average Bonchev–Trinajstić information content (AvgIpc) is 2.67. The average molecular weight is 350 g/mol. The number of rotatable bonds is 6. The lowest BCUT2D eigenvalue weighted by atomic mass is 10.1. The lowest BCUT2D eigenvalue weighted by Crippen LogP contribution is -2.23. The first-order chi connectivity index (χ1) is 12.6. The van der Waals surface area contributed by atoms with E-state index in [9.17, 15) is 9.18 Å². The Morgan fingerprint density at radius 2 is 2.00 bits per heavy atom. The van der Waals surface area contributed by atoms with Gasteiger partial charge in [0.05, 0.1) is 17.9 Å². The van der Waals surface area contributed by atoms with E-state index in [0.717, 1.165) is 23.2 Å². The number of hydrogen-bond donors (Lipinski definition) is 1. The Hall–Kier alpha value is -3.28. The molecule has 3 aromatic rings. The van der Waals surface area contributed by atoms with Crippen LogP contribution in [-0.4, -0.2) is 23.4 Å². The standard InChI is InChI=1S/C20H19FN4O/c1-14-5-4-8-23-18(14)12-25(13-26)19-10-16(11-24-20(19)22-2)15-6-3-7-17(21)9-15/h3-11,13H,12H2,1-2H3,(H,22,24). The number of carbonyl (C=O) groups excluding carboxylic acids is 1. The number of aryl methyl sites for hydroxylation is 1. The van der Waals surface area contributed by atoms with Gasteiger partial charge in [0.1, 0.15) is 11.6 Å². The van der Waals surface area contributed by atoms with E-state index in [0.29, 0.717) is 23.6 Å². The van der Waals surface area contributed by atoms with E-state index >= 15 is 0 Å². The molecule has 0 bridgehead atoms. The van der Waals surface area contributed by atoms with Crippen LogP contribution in [0.3, 0.4) is 0 Å². The van der Waals surface area contributed by atoms with Crippen molar-refractivity contribution >= 4 is 17.9 Å². The second-order valence-corrected chi connectivity index (χ2v) is 5.85. The van der Waals surface area contributed by atoms with Crippen LogP contribution in [0, 0.1) is 12.7 Å². The van der Waals surface area contributed by atoms with Crippen molar-refractivity contribution in [2.75, 3.05) is 17.3 Å². The molecule has 0 fully saturated rings. The number of anilines is 2. The van der Waals surface area contributed by atoms with Crippen molar-refractivity contribution in [2.45, 2.75) is 13.5 Å². The summed E-state index contributed by atoms with van der Waals surface area (Å²) in [6.45, 7) is 2.27. The van der Waals surface area contributed by atoms with E-state index in [1.807, 2.05) is 25.1 Å². The van der Waals surface area contributed by atoms with Crippen LogP contribution in [0.5, 0.6) is 0 Å². The van der Waals surface area contributed by atoms with E-state index in [1.165, 1.54) is 17.0 Å². The molecule has 0 atom stereocenters. The van der Waals surface area contributed by atoms with Crippen LogP contribution >= 0.6 is 0 Å². The topological polar surface area (TPSA) is 58.1 Å². The van der Waals surface area contributed by atoms with Gasteiger partial charge in [-0.25, -0.2) is 9.37 Å². The van der Waals surface area contributed by atoms with Gasteiger partial charge in [0.25, 0.3) is 0 Å². The number of nitrogens with one attached hydrogen (secondary N) is 1. The summed E-state index contributed by atoms with van der Waals surface area (Å²) >= 11 is 0. The Morgan fingerprint density at radius 3 is 2.69 bits per heavy atom. The zero-order chi connectivity index (χ0) is 18.5. The first-order valence-corrected chi connectivity index (χ1v) is 8.18. The molecule has 2 aromatic heterocycles. The van der Waals surface area contributed by atoms with Gasteiger partial charge in [0.2, 0.25) is 6.41 Å². The highest BCUT2D eigenvalue weighted by Gasteiger charge is 2.15. The summed E-state index contributed by atoms with van der Waals surface area (Å²) in [7, 11) is 1.74. The van der Waals surface area contributed by atoms with Gasteiger partial charge in [-0.1, -0.05) is 18.2 Å². The first kappa shape index (κ1) is 17.5. The Morgan fingerprint density at radius 1 is 1.15 bits per heavy atom. The van der Waals surface area contributed by atoms with Crippen LogP contribution in [0.25, 0.3) is 11.1 Å². The van der Waals surface area contributed by atoms with Crippen LogP contribution in [0.1, 0.15) is 11.3 Å². The fraction of sp³-hybridized carbons (Fsp3) is 0.150. The molecular weight excluding hydrogens is 331 g/mol. The van der Waals surface area contributed by atoms with Gasteiger partial charge in [0, 0.05) is 25.0 Å². The van der Waals surface area contributed by atoms with Crippen molar-refractivity contribution < 1.29 is 9.18 Å². The van der Waals surface area contributed by atoms with Crippen molar-refractivity contribution in [1.82, 2.24) is 9.97 Å². The molecule has 1 amide bonds. The molecule has 0 aliphatic carbocycles. The number of carbonyl (C=O) groups is 1. The molecule has 1 N–H and O–H groups in total. The molecule has 2 heterocycles. The van der Waals surface area contributed by atoms with E-state index in [4.69, 9.17) is 0 Å².